The van der Waals surface area contributed by atoms with Crippen LogP contribution in [0.1, 0.15) is 27.7 Å². The third kappa shape index (κ3) is 6.35. The Morgan fingerprint density at radius 1 is 1.10 bits per heavy atom. The minimum Gasteiger partial charge on any atom is -0.489 e. The topological polar surface area (TPSA) is 84.9 Å². The van der Waals surface area contributed by atoms with Gasteiger partial charge in [-0.3, -0.25) is 4.79 Å². The van der Waals surface area contributed by atoms with Crippen molar-refractivity contribution in [1.29, 1.82) is 0 Å². The highest BCUT2D eigenvalue weighted by Crippen LogP contribution is 2.30. The van der Waals surface area contributed by atoms with Gasteiger partial charge in [0.15, 0.2) is 6.61 Å². The lowest BCUT2D eigenvalue weighted by atomic mass is 10.3. The first kappa shape index (κ1) is 24.0. The predicted molar refractivity (Wildman–Crippen MR) is 118 cm³/mol. The van der Waals surface area contributed by atoms with Crippen molar-refractivity contribution in [2.75, 3.05) is 25.0 Å². The van der Waals surface area contributed by atoms with Crippen LogP contribution in [0.2, 0.25) is 5.02 Å². The minimum atomic E-state index is -3.68. The maximum Gasteiger partial charge on any atom is 0.262 e. The van der Waals surface area contributed by atoms with E-state index in [0.717, 1.165) is 0 Å². The Morgan fingerprint density at radius 3 is 2.30 bits per heavy atom. The highest BCUT2D eigenvalue weighted by molar-refractivity contribution is 7.89. The van der Waals surface area contributed by atoms with E-state index in [4.69, 9.17) is 21.1 Å². The summed E-state index contributed by atoms with van der Waals surface area (Å²) in [5, 5.41) is 3.25. The van der Waals surface area contributed by atoms with Crippen molar-refractivity contribution in [2.45, 2.75) is 38.7 Å². The molecule has 164 valence electrons. The van der Waals surface area contributed by atoms with Crippen LogP contribution in [0.3, 0.4) is 0 Å². The van der Waals surface area contributed by atoms with E-state index in [1.807, 2.05) is 13.8 Å². The predicted octanol–water partition coefficient (Wildman–Crippen LogP) is 4.18. The molecule has 2 aromatic rings. The van der Waals surface area contributed by atoms with Gasteiger partial charge in [0.25, 0.3) is 5.91 Å². The summed E-state index contributed by atoms with van der Waals surface area (Å²) in [6.45, 7) is 7.67. The molecule has 9 heteroatoms. The summed E-state index contributed by atoms with van der Waals surface area (Å²) in [5.41, 5.74) is 0.265. The molecule has 0 unspecified atom stereocenters. The number of rotatable bonds is 10. The zero-order valence-corrected chi connectivity index (χ0v) is 19.1. The Labute approximate surface area is 183 Å². The third-order valence-corrected chi connectivity index (χ3v) is 6.41. The lowest BCUT2D eigenvalue weighted by Gasteiger charge is -2.20. The molecular weight excluding hydrogens is 428 g/mol. The molecule has 30 heavy (non-hydrogen) atoms. The number of ether oxygens (including phenoxy) is 2. The van der Waals surface area contributed by atoms with Gasteiger partial charge < -0.3 is 14.8 Å². The Hall–Kier alpha value is -2.29. The van der Waals surface area contributed by atoms with Gasteiger partial charge in [0.05, 0.1) is 16.7 Å². The van der Waals surface area contributed by atoms with Crippen molar-refractivity contribution in [3.63, 3.8) is 0 Å². The second-order valence-electron chi connectivity index (χ2n) is 6.70. The number of hydrogen-bond acceptors (Lipinski definition) is 5. The Balaban J connectivity index is 2.24. The van der Waals surface area contributed by atoms with Crippen LogP contribution in [-0.4, -0.2) is 44.4 Å². The first-order chi connectivity index (χ1) is 14.2. The van der Waals surface area contributed by atoms with Crippen molar-refractivity contribution in [1.82, 2.24) is 4.31 Å². The summed E-state index contributed by atoms with van der Waals surface area (Å²) in [6, 6.07) is 11.1. The normalized spacial score (nSPS) is 11.6. The van der Waals surface area contributed by atoms with E-state index in [9.17, 15) is 13.2 Å². The number of halogens is 1. The van der Waals surface area contributed by atoms with Gasteiger partial charge >= 0.3 is 0 Å². The highest BCUT2D eigenvalue weighted by Gasteiger charge is 2.23. The van der Waals surface area contributed by atoms with Gasteiger partial charge in [0.1, 0.15) is 11.5 Å². The number of amides is 1. The van der Waals surface area contributed by atoms with Gasteiger partial charge in [-0.2, -0.15) is 4.31 Å². The molecule has 0 spiro atoms. The summed E-state index contributed by atoms with van der Waals surface area (Å²) in [7, 11) is -3.68. The molecule has 0 aliphatic heterocycles. The number of sulfonamides is 1. The van der Waals surface area contributed by atoms with Crippen LogP contribution in [0.25, 0.3) is 0 Å². The second kappa shape index (κ2) is 10.7. The third-order valence-electron chi connectivity index (χ3n) is 4.11. The summed E-state index contributed by atoms with van der Waals surface area (Å²) in [5.74, 6) is 0.422. The van der Waals surface area contributed by atoms with Crippen LogP contribution in [0.15, 0.2) is 47.4 Å². The average Bonchev–Trinajstić information content (AvgIpc) is 2.69. The van der Waals surface area contributed by atoms with E-state index in [0.29, 0.717) is 29.6 Å². The fraction of sp³-hybridized carbons (Fsp3) is 0.381. The largest absolute Gasteiger partial charge is 0.489 e. The van der Waals surface area contributed by atoms with Crippen LogP contribution in [0.4, 0.5) is 5.69 Å². The first-order valence-electron chi connectivity index (χ1n) is 9.66. The summed E-state index contributed by atoms with van der Waals surface area (Å²) in [4.78, 5) is 12.5. The fourth-order valence-corrected chi connectivity index (χ4v) is 4.31. The van der Waals surface area contributed by atoms with Crippen molar-refractivity contribution in [3.05, 3.63) is 47.5 Å². The molecule has 0 heterocycles. The number of anilines is 1. The van der Waals surface area contributed by atoms with Gasteiger partial charge in [0, 0.05) is 18.1 Å². The zero-order chi connectivity index (χ0) is 22.3. The molecular formula is C21H27ClN2O5S. The van der Waals surface area contributed by atoms with Crippen LogP contribution >= 0.6 is 11.6 Å². The summed E-state index contributed by atoms with van der Waals surface area (Å²) < 4.78 is 38.2. The van der Waals surface area contributed by atoms with E-state index in [1.165, 1.54) is 16.4 Å². The summed E-state index contributed by atoms with van der Waals surface area (Å²) >= 11 is 5.83. The SMILES string of the molecule is CCN(CC)S(=O)(=O)c1ccc(OC(C)C)c(NC(=O)COc2ccc(Cl)cc2)c1. The van der Waals surface area contributed by atoms with Crippen molar-refractivity contribution < 1.29 is 22.7 Å². The average molecular weight is 455 g/mol. The Kier molecular flexibility index (Phi) is 8.52. The number of carbonyl (C=O) groups is 1. The number of nitrogens with one attached hydrogen (secondary N) is 1. The molecule has 0 aliphatic rings. The first-order valence-corrected chi connectivity index (χ1v) is 11.5. The molecule has 0 saturated carbocycles. The van der Waals surface area contributed by atoms with E-state index in [2.05, 4.69) is 5.32 Å². The number of benzene rings is 2. The monoisotopic (exact) mass is 454 g/mol. The fourth-order valence-electron chi connectivity index (χ4n) is 2.70. The molecule has 2 rings (SSSR count). The van der Waals surface area contributed by atoms with Crippen molar-refractivity contribution in [2.24, 2.45) is 0 Å². The molecule has 1 amide bonds. The van der Waals surface area contributed by atoms with E-state index in [1.54, 1.807) is 44.2 Å². The maximum absolute atomic E-state index is 12.8. The molecule has 0 aromatic heterocycles. The van der Waals surface area contributed by atoms with Crippen LogP contribution < -0.4 is 14.8 Å². The van der Waals surface area contributed by atoms with Crippen molar-refractivity contribution >= 4 is 33.2 Å². The van der Waals surface area contributed by atoms with E-state index >= 15 is 0 Å². The molecule has 2 aromatic carbocycles. The van der Waals surface area contributed by atoms with E-state index in [-0.39, 0.29) is 23.3 Å². The number of carbonyl (C=O) groups excluding carboxylic acids is 1. The van der Waals surface area contributed by atoms with E-state index < -0.39 is 15.9 Å². The number of nitrogens with zero attached hydrogens (tertiary/aromatic N) is 1. The molecule has 0 aliphatic carbocycles. The zero-order valence-electron chi connectivity index (χ0n) is 17.5. The number of hydrogen-bond donors (Lipinski definition) is 1. The molecule has 1 N–H and O–H groups in total. The molecule has 0 atom stereocenters. The van der Waals surface area contributed by atoms with Gasteiger partial charge in [0.2, 0.25) is 10.0 Å². The molecule has 7 nitrogen and oxygen atoms in total. The van der Waals surface area contributed by atoms with Crippen LogP contribution in [-0.2, 0) is 14.8 Å². The molecule has 0 radical (unpaired) electrons. The van der Waals surface area contributed by atoms with Gasteiger partial charge in [-0.05, 0) is 56.3 Å². The second-order valence-corrected chi connectivity index (χ2v) is 9.08. The van der Waals surface area contributed by atoms with Crippen LogP contribution in [0, 0.1) is 0 Å². The standard InChI is InChI=1S/C21H27ClN2O5S/c1-5-24(6-2)30(26,27)18-11-12-20(29-15(3)4)19(13-18)23-21(25)14-28-17-9-7-16(22)8-10-17/h7-13,15H,5-6,14H2,1-4H3,(H,23,25). The Morgan fingerprint density at radius 2 is 1.73 bits per heavy atom. The minimum absolute atomic E-state index is 0.0798. The van der Waals surface area contributed by atoms with Crippen LogP contribution in [0.5, 0.6) is 11.5 Å². The van der Waals surface area contributed by atoms with Gasteiger partial charge in [-0.25, -0.2) is 8.42 Å². The lowest BCUT2D eigenvalue weighted by Crippen LogP contribution is -2.30. The molecule has 0 fully saturated rings. The van der Waals surface area contributed by atoms with Crippen molar-refractivity contribution in [3.8, 4) is 11.5 Å². The Bertz CT molecular complexity index is 958. The summed E-state index contributed by atoms with van der Waals surface area (Å²) in [6.07, 6.45) is -0.156. The van der Waals surface area contributed by atoms with Gasteiger partial charge in [-0.15, -0.1) is 0 Å². The smallest absolute Gasteiger partial charge is 0.262 e. The highest BCUT2D eigenvalue weighted by atomic mass is 35.5. The lowest BCUT2D eigenvalue weighted by molar-refractivity contribution is -0.118. The van der Waals surface area contributed by atoms with Gasteiger partial charge in [-0.1, -0.05) is 25.4 Å². The molecule has 0 saturated heterocycles. The maximum atomic E-state index is 12.8. The molecule has 0 bridgehead atoms. The quantitative estimate of drug-likeness (QED) is 0.582.